The normalized spacial score (nSPS) is 14.8. The van der Waals surface area contributed by atoms with E-state index in [1.165, 1.54) is 0 Å². The van der Waals surface area contributed by atoms with Gasteiger partial charge >= 0.3 is 0 Å². The second-order valence-electron chi connectivity index (χ2n) is 3.95. The fraction of sp³-hybridized carbons (Fsp3) is 0.818. The number of halogens is 1. The Morgan fingerprint density at radius 1 is 1.17 bits per heavy atom. The first-order valence-corrected chi connectivity index (χ1v) is 6.01. The highest BCUT2D eigenvalue weighted by Gasteiger charge is 2.16. The maximum atomic E-state index is 11.7. The Labute approximate surface area is 114 Å². The van der Waals surface area contributed by atoms with Crippen LogP contribution in [0.2, 0.25) is 0 Å². The number of morpholine rings is 1. The van der Waals surface area contributed by atoms with E-state index in [9.17, 15) is 9.59 Å². The summed E-state index contributed by atoms with van der Waals surface area (Å²) in [5.74, 6) is 0.0661. The first kappa shape index (κ1) is 17.2. The largest absolute Gasteiger partial charge is 0.378 e. The van der Waals surface area contributed by atoms with Crippen LogP contribution in [0.25, 0.3) is 0 Å². The van der Waals surface area contributed by atoms with Crippen molar-refractivity contribution in [2.75, 3.05) is 46.4 Å². The van der Waals surface area contributed by atoms with Gasteiger partial charge in [-0.1, -0.05) is 0 Å². The Balaban J connectivity index is 0.00000289. The number of nitrogens with zero attached hydrogens (tertiary/aromatic N) is 1. The molecule has 1 fully saturated rings. The van der Waals surface area contributed by atoms with Crippen molar-refractivity contribution in [3.8, 4) is 0 Å². The maximum absolute atomic E-state index is 11.7. The van der Waals surface area contributed by atoms with Crippen LogP contribution >= 0.6 is 12.4 Å². The van der Waals surface area contributed by atoms with Crippen LogP contribution in [-0.2, 0) is 14.3 Å². The fourth-order valence-corrected chi connectivity index (χ4v) is 1.61. The van der Waals surface area contributed by atoms with E-state index < -0.39 is 0 Å². The Morgan fingerprint density at radius 3 is 2.44 bits per heavy atom. The molecule has 0 radical (unpaired) electrons. The van der Waals surface area contributed by atoms with Gasteiger partial charge in [0.15, 0.2) is 0 Å². The molecule has 1 aliphatic rings. The van der Waals surface area contributed by atoms with Gasteiger partial charge in [0.05, 0.1) is 13.2 Å². The van der Waals surface area contributed by atoms with E-state index in [4.69, 9.17) is 4.74 Å². The first-order valence-electron chi connectivity index (χ1n) is 6.01. The number of hydrogen-bond donors (Lipinski definition) is 2. The van der Waals surface area contributed by atoms with Crippen molar-refractivity contribution < 1.29 is 14.3 Å². The highest BCUT2D eigenvalue weighted by Crippen LogP contribution is 1.99. The van der Waals surface area contributed by atoms with Crippen molar-refractivity contribution in [2.45, 2.75) is 12.8 Å². The van der Waals surface area contributed by atoms with E-state index in [1.807, 2.05) is 0 Å². The van der Waals surface area contributed by atoms with Gasteiger partial charge in [-0.3, -0.25) is 9.59 Å². The van der Waals surface area contributed by atoms with Gasteiger partial charge in [-0.15, -0.1) is 12.4 Å². The molecule has 2 N–H and O–H groups in total. The van der Waals surface area contributed by atoms with Crippen LogP contribution in [0.1, 0.15) is 12.8 Å². The van der Waals surface area contributed by atoms with Crippen LogP contribution in [0.3, 0.4) is 0 Å². The first-order chi connectivity index (χ1) is 8.24. The van der Waals surface area contributed by atoms with Crippen LogP contribution in [0.5, 0.6) is 0 Å². The summed E-state index contributed by atoms with van der Waals surface area (Å²) in [7, 11) is 1.80. The highest BCUT2D eigenvalue weighted by molar-refractivity contribution is 5.85. The molecule has 6 nitrogen and oxygen atoms in total. The van der Waals surface area contributed by atoms with Gasteiger partial charge in [-0.2, -0.15) is 0 Å². The zero-order chi connectivity index (χ0) is 12.5. The standard InChI is InChI=1S/C11H21N3O3.ClH/c1-12-4-2-10(15)13-5-3-11(16)14-6-8-17-9-7-14;/h12H,2-9H2,1H3,(H,13,15);1H. The van der Waals surface area contributed by atoms with E-state index in [0.717, 1.165) is 0 Å². The average molecular weight is 280 g/mol. The molecule has 1 rings (SSSR count). The summed E-state index contributed by atoms with van der Waals surface area (Å²) in [5, 5.41) is 5.63. The Morgan fingerprint density at radius 2 is 1.83 bits per heavy atom. The van der Waals surface area contributed by atoms with Gasteiger partial charge in [0.2, 0.25) is 11.8 Å². The molecule has 0 aromatic rings. The van der Waals surface area contributed by atoms with Crippen molar-refractivity contribution in [3.63, 3.8) is 0 Å². The molecule has 1 saturated heterocycles. The minimum atomic E-state index is -0.0193. The minimum absolute atomic E-state index is 0. The third-order valence-electron chi connectivity index (χ3n) is 2.63. The Kier molecular flexibility index (Phi) is 9.63. The molecule has 106 valence electrons. The number of nitrogens with one attached hydrogen (secondary N) is 2. The molecule has 0 atom stereocenters. The lowest BCUT2D eigenvalue weighted by atomic mass is 10.3. The maximum Gasteiger partial charge on any atom is 0.224 e. The molecule has 0 spiro atoms. The number of ether oxygens (including phenoxy) is 1. The number of carbonyl (C=O) groups is 2. The van der Waals surface area contributed by atoms with Crippen LogP contribution in [0, 0.1) is 0 Å². The van der Waals surface area contributed by atoms with Crippen molar-refractivity contribution in [2.24, 2.45) is 0 Å². The third-order valence-corrected chi connectivity index (χ3v) is 2.63. The van der Waals surface area contributed by atoms with Crippen molar-refractivity contribution in [1.29, 1.82) is 0 Å². The van der Waals surface area contributed by atoms with Crippen molar-refractivity contribution in [1.82, 2.24) is 15.5 Å². The lowest BCUT2D eigenvalue weighted by Crippen LogP contribution is -2.42. The van der Waals surface area contributed by atoms with E-state index in [1.54, 1.807) is 11.9 Å². The number of carbonyl (C=O) groups excluding carboxylic acids is 2. The van der Waals surface area contributed by atoms with Crippen LogP contribution in [-0.4, -0.2) is 63.2 Å². The molecule has 0 aromatic carbocycles. The lowest BCUT2D eigenvalue weighted by molar-refractivity contribution is -0.135. The van der Waals surface area contributed by atoms with E-state index in [2.05, 4.69) is 10.6 Å². The van der Waals surface area contributed by atoms with E-state index >= 15 is 0 Å². The molecular weight excluding hydrogens is 258 g/mol. The molecule has 0 saturated carbocycles. The SMILES string of the molecule is CNCCC(=O)NCCC(=O)N1CCOCC1.Cl. The molecule has 18 heavy (non-hydrogen) atoms. The van der Waals surface area contributed by atoms with Gasteiger partial charge in [-0.25, -0.2) is 0 Å². The van der Waals surface area contributed by atoms with Crippen LogP contribution in [0.15, 0.2) is 0 Å². The number of amides is 2. The summed E-state index contributed by atoms with van der Waals surface area (Å²) < 4.78 is 5.17. The summed E-state index contributed by atoms with van der Waals surface area (Å²) in [6.07, 6.45) is 0.813. The molecule has 0 unspecified atom stereocenters. The van der Waals surface area contributed by atoms with Gasteiger partial charge in [0.1, 0.15) is 0 Å². The molecule has 0 aliphatic carbocycles. The highest BCUT2D eigenvalue weighted by atomic mass is 35.5. The van der Waals surface area contributed by atoms with Crippen molar-refractivity contribution >= 4 is 24.2 Å². The molecule has 1 aliphatic heterocycles. The topological polar surface area (TPSA) is 70.7 Å². The van der Waals surface area contributed by atoms with Crippen LogP contribution < -0.4 is 10.6 Å². The second kappa shape index (κ2) is 10.1. The Bertz CT molecular complexity index is 258. The summed E-state index contributed by atoms with van der Waals surface area (Å²) in [6.45, 7) is 3.61. The predicted molar refractivity (Wildman–Crippen MR) is 70.8 cm³/mol. The summed E-state index contributed by atoms with van der Waals surface area (Å²) in [6, 6.07) is 0. The van der Waals surface area contributed by atoms with E-state index in [0.29, 0.717) is 52.2 Å². The van der Waals surface area contributed by atoms with Gasteiger partial charge in [0, 0.05) is 39.0 Å². The third kappa shape index (κ3) is 6.78. The number of hydrogen-bond acceptors (Lipinski definition) is 4. The number of rotatable bonds is 6. The van der Waals surface area contributed by atoms with Gasteiger partial charge in [-0.05, 0) is 7.05 Å². The zero-order valence-electron chi connectivity index (χ0n) is 10.7. The van der Waals surface area contributed by atoms with Crippen LogP contribution in [0.4, 0.5) is 0 Å². The predicted octanol–water partition coefficient (Wildman–Crippen LogP) is -0.617. The quantitative estimate of drug-likeness (QED) is 0.680. The molecule has 0 aromatic heterocycles. The monoisotopic (exact) mass is 279 g/mol. The molecule has 1 heterocycles. The fourth-order valence-electron chi connectivity index (χ4n) is 1.61. The lowest BCUT2D eigenvalue weighted by Gasteiger charge is -2.26. The molecular formula is C11H22ClN3O3. The summed E-state index contributed by atoms with van der Waals surface area (Å²) in [4.78, 5) is 24.7. The molecule has 7 heteroatoms. The van der Waals surface area contributed by atoms with Crippen molar-refractivity contribution in [3.05, 3.63) is 0 Å². The van der Waals surface area contributed by atoms with E-state index in [-0.39, 0.29) is 24.2 Å². The summed E-state index contributed by atoms with van der Waals surface area (Å²) >= 11 is 0. The summed E-state index contributed by atoms with van der Waals surface area (Å²) in [5.41, 5.74) is 0. The average Bonchev–Trinajstić information content (AvgIpc) is 2.37. The molecule has 0 bridgehead atoms. The Hall–Kier alpha value is -0.850. The molecule has 2 amide bonds. The van der Waals surface area contributed by atoms with Gasteiger partial charge < -0.3 is 20.3 Å². The second-order valence-corrected chi connectivity index (χ2v) is 3.95. The zero-order valence-corrected chi connectivity index (χ0v) is 11.6. The smallest absolute Gasteiger partial charge is 0.224 e. The van der Waals surface area contributed by atoms with Gasteiger partial charge in [0.25, 0.3) is 0 Å². The minimum Gasteiger partial charge on any atom is -0.378 e.